The Morgan fingerprint density at radius 3 is 1.95 bits per heavy atom. The van der Waals surface area contributed by atoms with Gasteiger partial charge >= 0.3 is 0 Å². The van der Waals surface area contributed by atoms with Gasteiger partial charge in [-0.15, -0.1) is 0 Å². The lowest BCUT2D eigenvalue weighted by molar-refractivity contribution is 0.0224. The Balaban J connectivity index is 1.57. The van der Waals surface area contributed by atoms with Crippen LogP contribution in [0.5, 0.6) is 11.5 Å². The van der Waals surface area contributed by atoms with Crippen LogP contribution in [0.2, 0.25) is 0 Å². The molecule has 1 aliphatic heterocycles. The van der Waals surface area contributed by atoms with E-state index < -0.39 is 0 Å². The van der Waals surface area contributed by atoms with E-state index in [-0.39, 0.29) is 12.9 Å². The summed E-state index contributed by atoms with van der Waals surface area (Å²) in [5.74, 6) is 1.68. The highest BCUT2D eigenvalue weighted by Crippen LogP contribution is 2.25. The van der Waals surface area contributed by atoms with Gasteiger partial charge in [-0.3, -0.25) is 0 Å². The lowest BCUT2D eigenvalue weighted by atomic mass is 10.1. The van der Waals surface area contributed by atoms with Crippen LogP contribution in [0, 0.1) is 0 Å². The summed E-state index contributed by atoms with van der Waals surface area (Å²) in [6.45, 7) is 4.32. The molecular formula is C18H20O4. The summed E-state index contributed by atoms with van der Waals surface area (Å²) in [4.78, 5) is 0. The Hall–Kier alpha value is -2.04. The molecule has 1 atom stereocenters. The minimum atomic E-state index is 0.281. The third kappa shape index (κ3) is 4.23. The lowest BCUT2D eigenvalue weighted by Gasteiger charge is -2.08. The molecule has 0 aliphatic carbocycles. The molecule has 4 heteroatoms. The van der Waals surface area contributed by atoms with Gasteiger partial charge in [0, 0.05) is 6.61 Å². The second-order valence-corrected chi connectivity index (χ2v) is 5.07. The van der Waals surface area contributed by atoms with Crippen molar-refractivity contribution in [3.63, 3.8) is 0 Å². The van der Waals surface area contributed by atoms with Gasteiger partial charge in [-0.05, 0) is 42.3 Å². The summed E-state index contributed by atoms with van der Waals surface area (Å²) in [6.07, 6.45) is 0.281. The summed E-state index contributed by atoms with van der Waals surface area (Å²) < 4.78 is 21.4. The molecule has 0 N–H and O–H groups in total. The van der Waals surface area contributed by atoms with E-state index in [1.807, 2.05) is 43.3 Å². The first-order chi connectivity index (χ1) is 10.8. The maximum Gasteiger partial charge on any atom is 0.189 e. The maximum absolute atomic E-state index is 5.64. The van der Waals surface area contributed by atoms with Crippen LogP contribution in [0.15, 0.2) is 48.5 Å². The molecule has 1 aliphatic rings. The first-order valence-electron chi connectivity index (χ1n) is 7.50. The summed E-state index contributed by atoms with van der Waals surface area (Å²) in [5, 5.41) is 0. The van der Waals surface area contributed by atoms with Crippen molar-refractivity contribution in [3.05, 3.63) is 48.5 Å². The maximum atomic E-state index is 5.64. The molecule has 1 heterocycles. The molecule has 22 heavy (non-hydrogen) atoms. The monoisotopic (exact) mass is 300 g/mol. The SMILES string of the molecule is CCOCOc1ccc(-c2ccc(OC[C@@H]3CO3)cc2)cc1. The van der Waals surface area contributed by atoms with Crippen molar-refractivity contribution in [3.8, 4) is 22.6 Å². The van der Waals surface area contributed by atoms with Crippen molar-refractivity contribution in [2.75, 3.05) is 26.6 Å². The van der Waals surface area contributed by atoms with Gasteiger partial charge in [0.2, 0.25) is 0 Å². The molecular weight excluding hydrogens is 280 g/mol. The van der Waals surface area contributed by atoms with Gasteiger partial charge < -0.3 is 18.9 Å². The number of hydrogen-bond donors (Lipinski definition) is 0. The van der Waals surface area contributed by atoms with E-state index in [2.05, 4.69) is 12.1 Å². The molecule has 2 aromatic carbocycles. The summed E-state index contributed by atoms with van der Waals surface area (Å²) in [7, 11) is 0. The summed E-state index contributed by atoms with van der Waals surface area (Å²) in [6, 6.07) is 16.0. The minimum absolute atomic E-state index is 0.281. The fourth-order valence-corrected chi connectivity index (χ4v) is 2.03. The van der Waals surface area contributed by atoms with Crippen LogP contribution in [0.25, 0.3) is 11.1 Å². The highest BCUT2D eigenvalue weighted by molar-refractivity contribution is 5.64. The van der Waals surface area contributed by atoms with Gasteiger partial charge in [-0.2, -0.15) is 0 Å². The first kappa shape index (κ1) is 14.9. The van der Waals surface area contributed by atoms with Gasteiger partial charge in [0.05, 0.1) is 6.61 Å². The van der Waals surface area contributed by atoms with Gasteiger partial charge in [0.1, 0.15) is 24.2 Å². The van der Waals surface area contributed by atoms with Crippen LogP contribution in [-0.4, -0.2) is 32.7 Å². The molecule has 1 fully saturated rings. The Bertz CT molecular complexity index is 573. The standard InChI is InChI=1S/C18H20O4/c1-2-19-13-22-17-9-5-15(6-10-17)14-3-7-16(8-4-14)20-11-18-12-21-18/h3-10,18H,2,11-13H2,1H3/t18-/m1/s1. The van der Waals surface area contributed by atoms with E-state index >= 15 is 0 Å². The highest BCUT2D eigenvalue weighted by atomic mass is 16.7. The number of benzene rings is 2. The zero-order chi connectivity index (χ0) is 15.2. The zero-order valence-electron chi connectivity index (χ0n) is 12.7. The molecule has 1 saturated heterocycles. The molecule has 0 amide bonds. The topological polar surface area (TPSA) is 40.2 Å². The molecule has 2 aromatic rings. The third-order valence-corrected chi connectivity index (χ3v) is 3.39. The molecule has 0 aromatic heterocycles. The second-order valence-electron chi connectivity index (χ2n) is 5.07. The average molecular weight is 300 g/mol. The Kier molecular flexibility index (Phi) is 4.93. The number of epoxide rings is 1. The fraction of sp³-hybridized carbons (Fsp3) is 0.333. The first-order valence-corrected chi connectivity index (χ1v) is 7.50. The molecule has 116 valence electrons. The van der Waals surface area contributed by atoms with Gasteiger partial charge in [-0.1, -0.05) is 24.3 Å². The minimum Gasteiger partial charge on any atom is -0.491 e. The van der Waals surface area contributed by atoms with Crippen LogP contribution >= 0.6 is 0 Å². The third-order valence-electron chi connectivity index (χ3n) is 3.39. The summed E-state index contributed by atoms with van der Waals surface area (Å²) in [5.41, 5.74) is 2.28. The normalized spacial score (nSPS) is 16.3. The van der Waals surface area contributed by atoms with E-state index in [0.717, 1.165) is 29.2 Å². The van der Waals surface area contributed by atoms with Gasteiger partial charge in [0.15, 0.2) is 6.79 Å². The zero-order valence-corrected chi connectivity index (χ0v) is 12.7. The van der Waals surface area contributed by atoms with E-state index in [4.69, 9.17) is 18.9 Å². The van der Waals surface area contributed by atoms with Crippen molar-refractivity contribution in [1.82, 2.24) is 0 Å². The number of rotatable bonds is 8. The molecule has 4 nitrogen and oxygen atoms in total. The second kappa shape index (κ2) is 7.29. The average Bonchev–Trinajstić information content (AvgIpc) is 3.39. The molecule has 0 radical (unpaired) electrons. The van der Waals surface area contributed by atoms with Crippen molar-refractivity contribution < 1.29 is 18.9 Å². The largest absolute Gasteiger partial charge is 0.491 e. The Morgan fingerprint density at radius 1 is 0.909 bits per heavy atom. The van der Waals surface area contributed by atoms with E-state index in [0.29, 0.717) is 13.2 Å². The summed E-state index contributed by atoms with van der Waals surface area (Å²) >= 11 is 0. The van der Waals surface area contributed by atoms with Gasteiger partial charge in [-0.25, -0.2) is 0 Å². The van der Waals surface area contributed by atoms with Crippen molar-refractivity contribution in [2.45, 2.75) is 13.0 Å². The van der Waals surface area contributed by atoms with Crippen LogP contribution in [0.1, 0.15) is 6.92 Å². The quantitative estimate of drug-likeness (QED) is 0.425. The van der Waals surface area contributed by atoms with Crippen LogP contribution in [-0.2, 0) is 9.47 Å². The number of ether oxygens (including phenoxy) is 4. The van der Waals surface area contributed by atoms with E-state index in [9.17, 15) is 0 Å². The predicted molar refractivity (Wildman–Crippen MR) is 84.2 cm³/mol. The smallest absolute Gasteiger partial charge is 0.189 e. The Morgan fingerprint density at radius 2 is 1.45 bits per heavy atom. The molecule has 3 rings (SSSR count). The fourth-order valence-electron chi connectivity index (χ4n) is 2.03. The predicted octanol–water partition coefficient (Wildman–Crippen LogP) is 3.50. The number of hydrogen-bond acceptors (Lipinski definition) is 4. The molecule has 0 spiro atoms. The van der Waals surface area contributed by atoms with Crippen molar-refractivity contribution >= 4 is 0 Å². The van der Waals surface area contributed by atoms with Crippen molar-refractivity contribution in [2.24, 2.45) is 0 Å². The lowest BCUT2D eigenvalue weighted by Crippen LogP contribution is -2.03. The Labute approximate surface area is 130 Å². The van der Waals surface area contributed by atoms with E-state index in [1.54, 1.807) is 0 Å². The van der Waals surface area contributed by atoms with Crippen LogP contribution in [0.4, 0.5) is 0 Å². The van der Waals surface area contributed by atoms with Crippen molar-refractivity contribution in [1.29, 1.82) is 0 Å². The molecule has 0 bridgehead atoms. The van der Waals surface area contributed by atoms with Crippen LogP contribution < -0.4 is 9.47 Å². The molecule has 0 unspecified atom stereocenters. The highest BCUT2D eigenvalue weighted by Gasteiger charge is 2.22. The van der Waals surface area contributed by atoms with Crippen LogP contribution in [0.3, 0.4) is 0 Å². The van der Waals surface area contributed by atoms with Gasteiger partial charge in [0.25, 0.3) is 0 Å². The molecule has 0 saturated carbocycles. The van der Waals surface area contributed by atoms with E-state index in [1.165, 1.54) is 0 Å².